The molecule has 1 aromatic heterocycles. The Balaban J connectivity index is 2.01. The maximum absolute atomic E-state index is 13.0. The van der Waals surface area contributed by atoms with Crippen LogP contribution in [0.5, 0.6) is 5.75 Å². The third-order valence-electron chi connectivity index (χ3n) is 3.84. The van der Waals surface area contributed by atoms with Crippen LogP contribution in [0.15, 0.2) is 35.5 Å². The largest absolute Gasteiger partial charge is 0.494 e. The summed E-state index contributed by atoms with van der Waals surface area (Å²) in [5, 5.41) is 6.47. The summed E-state index contributed by atoms with van der Waals surface area (Å²) >= 11 is 0. The topological polar surface area (TPSA) is 54.7 Å². The lowest BCUT2D eigenvalue weighted by atomic mass is 10.2. The van der Waals surface area contributed by atoms with Gasteiger partial charge in [0.15, 0.2) is 11.7 Å². The highest BCUT2D eigenvalue weighted by Crippen LogP contribution is 2.30. The summed E-state index contributed by atoms with van der Waals surface area (Å²) in [6, 6.07) is 7.65. The van der Waals surface area contributed by atoms with E-state index in [1.54, 1.807) is 7.05 Å². The molecule has 0 aliphatic carbocycles. The summed E-state index contributed by atoms with van der Waals surface area (Å²) in [6.07, 6.45) is -3.13. The first-order chi connectivity index (χ1) is 12.7. The molecule has 2 rings (SSSR count). The van der Waals surface area contributed by atoms with Gasteiger partial charge in [-0.1, -0.05) is 12.1 Å². The second-order valence-electron chi connectivity index (χ2n) is 6.01. The van der Waals surface area contributed by atoms with Crippen molar-refractivity contribution in [3.05, 3.63) is 47.3 Å². The lowest BCUT2D eigenvalue weighted by Gasteiger charge is -2.22. The van der Waals surface area contributed by atoms with Crippen molar-refractivity contribution < 1.29 is 17.9 Å². The fraction of sp³-hybridized carbons (Fsp3) is 0.444. The Kier molecular flexibility index (Phi) is 6.70. The summed E-state index contributed by atoms with van der Waals surface area (Å²) in [5.74, 6) is 1.28. The quantitative estimate of drug-likeness (QED) is 0.615. The van der Waals surface area contributed by atoms with E-state index >= 15 is 0 Å². The van der Waals surface area contributed by atoms with Crippen molar-refractivity contribution in [2.75, 3.05) is 20.7 Å². The normalized spacial score (nSPS) is 12.2. The third kappa shape index (κ3) is 5.63. The minimum atomic E-state index is -4.49. The van der Waals surface area contributed by atoms with Crippen LogP contribution in [0.2, 0.25) is 0 Å². The summed E-state index contributed by atoms with van der Waals surface area (Å²) < 4.78 is 45.7. The van der Waals surface area contributed by atoms with Crippen LogP contribution in [0.4, 0.5) is 13.2 Å². The molecule has 0 amide bonds. The van der Waals surface area contributed by atoms with Gasteiger partial charge in [-0.3, -0.25) is 9.67 Å². The zero-order valence-corrected chi connectivity index (χ0v) is 15.8. The number of hydrogen-bond donors (Lipinski definition) is 1. The predicted octanol–water partition coefficient (Wildman–Crippen LogP) is 3.05. The van der Waals surface area contributed by atoms with E-state index in [0.717, 1.165) is 16.0 Å². The van der Waals surface area contributed by atoms with Gasteiger partial charge in [0.2, 0.25) is 0 Å². The fourth-order valence-corrected chi connectivity index (χ4v) is 2.67. The Labute approximate surface area is 156 Å². The predicted molar refractivity (Wildman–Crippen MR) is 97.5 cm³/mol. The van der Waals surface area contributed by atoms with Gasteiger partial charge in [-0.2, -0.15) is 18.3 Å². The molecule has 1 N–H and O–H groups in total. The van der Waals surface area contributed by atoms with Crippen molar-refractivity contribution in [3.63, 3.8) is 0 Å². The maximum atomic E-state index is 13.0. The Morgan fingerprint density at radius 1 is 1.30 bits per heavy atom. The van der Waals surface area contributed by atoms with E-state index in [1.165, 1.54) is 13.2 Å². The van der Waals surface area contributed by atoms with Gasteiger partial charge in [-0.25, -0.2) is 0 Å². The minimum absolute atomic E-state index is 0.0248. The van der Waals surface area contributed by atoms with Gasteiger partial charge in [0.25, 0.3) is 0 Å². The molecule has 2 aromatic rings. The Morgan fingerprint density at radius 2 is 1.96 bits per heavy atom. The van der Waals surface area contributed by atoms with Crippen LogP contribution in [0.1, 0.15) is 23.7 Å². The van der Waals surface area contributed by atoms with Crippen molar-refractivity contribution in [2.24, 2.45) is 12.0 Å². The van der Waals surface area contributed by atoms with Gasteiger partial charge in [-0.15, -0.1) is 0 Å². The van der Waals surface area contributed by atoms with Crippen molar-refractivity contribution in [1.82, 2.24) is 20.0 Å². The lowest BCUT2D eigenvalue weighted by molar-refractivity contribution is -0.142. The zero-order chi connectivity index (χ0) is 20.0. The molecule has 27 heavy (non-hydrogen) atoms. The molecule has 0 saturated heterocycles. The number of rotatable bonds is 6. The number of aliphatic imine (C=N–C) groups is 1. The first-order valence-electron chi connectivity index (χ1n) is 8.47. The van der Waals surface area contributed by atoms with Crippen LogP contribution in [-0.4, -0.2) is 41.3 Å². The molecule has 148 valence electrons. The number of halogens is 3. The van der Waals surface area contributed by atoms with Crippen molar-refractivity contribution >= 4 is 5.96 Å². The lowest BCUT2D eigenvalue weighted by Crippen LogP contribution is -2.38. The fourth-order valence-electron chi connectivity index (χ4n) is 2.67. The van der Waals surface area contributed by atoms with E-state index < -0.39 is 11.9 Å². The number of ether oxygens (including phenoxy) is 1. The number of aromatic nitrogens is 2. The number of guanidine groups is 1. The molecule has 0 aliphatic rings. The molecule has 0 fully saturated rings. The molecule has 9 heteroatoms. The zero-order valence-electron chi connectivity index (χ0n) is 15.8. The minimum Gasteiger partial charge on any atom is -0.494 e. The number of hydrogen-bond acceptors (Lipinski definition) is 3. The second-order valence-corrected chi connectivity index (χ2v) is 6.01. The summed E-state index contributed by atoms with van der Waals surface area (Å²) in [5.41, 5.74) is 0.212. The average Bonchev–Trinajstić information content (AvgIpc) is 2.98. The van der Waals surface area contributed by atoms with E-state index in [2.05, 4.69) is 15.4 Å². The number of alkyl halides is 3. The van der Waals surface area contributed by atoms with Gasteiger partial charge in [0.1, 0.15) is 5.75 Å². The molecule has 1 heterocycles. The monoisotopic (exact) mass is 383 g/mol. The van der Waals surface area contributed by atoms with Crippen LogP contribution in [0, 0.1) is 0 Å². The SMILES string of the molecule is CCOc1ccc(CN(C)C(=NC)NCc2cn(C)nc2C(F)(F)F)cc1. The molecular weight excluding hydrogens is 359 g/mol. The second kappa shape index (κ2) is 8.79. The van der Waals surface area contributed by atoms with Crippen molar-refractivity contribution in [3.8, 4) is 5.75 Å². The summed E-state index contributed by atoms with van der Waals surface area (Å²) in [6.45, 7) is 3.04. The van der Waals surface area contributed by atoms with E-state index in [9.17, 15) is 13.2 Å². The van der Waals surface area contributed by atoms with Crippen LogP contribution >= 0.6 is 0 Å². The van der Waals surface area contributed by atoms with Crippen LogP contribution in [0.25, 0.3) is 0 Å². The molecule has 0 unspecified atom stereocenters. The van der Waals surface area contributed by atoms with E-state index in [0.29, 0.717) is 19.1 Å². The number of nitrogens with one attached hydrogen (secondary N) is 1. The van der Waals surface area contributed by atoms with E-state index in [4.69, 9.17) is 4.74 Å². The smallest absolute Gasteiger partial charge is 0.435 e. The first kappa shape index (κ1) is 20.6. The number of nitrogens with zero attached hydrogens (tertiary/aromatic N) is 4. The summed E-state index contributed by atoms with van der Waals surface area (Å²) in [7, 11) is 4.87. The van der Waals surface area contributed by atoms with E-state index in [-0.39, 0.29) is 12.1 Å². The Hall–Kier alpha value is -2.71. The first-order valence-corrected chi connectivity index (χ1v) is 8.47. The molecule has 0 aliphatic heterocycles. The van der Waals surface area contributed by atoms with E-state index in [1.807, 2.05) is 43.1 Å². The van der Waals surface area contributed by atoms with Gasteiger partial charge in [-0.05, 0) is 24.6 Å². The van der Waals surface area contributed by atoms with Gasteiger partial charge < -0.3 is 15.0 Å². The average molecular weight is 383 g/mol. The van der Waals surface area contributed by atoms with Gasteiger partial charge in [0.05, 0.1) is 6.61 Å². The highest BCUT2D eigenvalue weighted by Gasteiger charge is 2.36. The Morgan fingerprint density at radius 3 is 2.52 bits per heavy atom. The third-order valence-corrected chi connectivity index (χ3v) is 3.84. The highest BCUT2D eigenvalue weighted by molar-refractivity contribution is 5.79. The highest BCUT2D eigenvalue weighted by atomic mass is 19.4. The summed E-state index contributed by atoms with van der Waals surface area (Å²) in [4.78, 5) is 5.98. The molecule has 0 saturated carbocycles. The number of benzene rings is 1. The standard InChI is InChI=1S/C18H24F3N5O/c1-5-27-15-8-6-13(7-9-15)11-25(3)17(22-2)23-10-14-12-26(4)24-16(14)18(19,20)21/h6-9,12H,5,10-11H2,1-4H3,(H,22,23). The van der Waals surface area contributed by atoms with Crippen LogP contribution in [-0.2, 0) is 26.3 Å². The molecule has 0 bridgehead atoms. The van der Waals surface area contributed by atoms with Gasteiger partial charge >= 0.3 is 6.18 Å². The van der Waals surface area contributed by atoms with Crippen molar-refractivity contribution in [1.29, 1.82) is 0 Å². The Bertz CT molecular complexity index is 768. The molecular formula is C18H24F3N5O. The molecule has 0 spiro atoms. The van der Waals surface area contributed by atoms with Crippen LogP contribution < -0.4 is 10.1 Å². The van der Waals surface area contributed by atoms with Crippen LogP contribution in [0.3, 0.4) is 0 Å². The molecule has 0 radical (unpaired) electrons. The molecule has 1 aromatic carbocycles. The van der Waals surface area contributed by atoms with Gasteiger partial charge in [0, 0.05) is 46.0 Å². The molecule has 6 nitrogen and oxygen atoms in total. The van der Waals surface area contributed by atoms with Crippen molar-refractivity contribution in [2.45, 2.75) is 26.2 Å². The maximum Gasteiger partial charge on any atom is 0.435 e. The molecule has 0 atom stereocenters. The number of aryl methyl sites for hydroxylation is 1.